The Kier molecular flexibility index (Phi) is 4.86. The first-order chi connectivity index (χ1) is 16.6. The van der Waals surface area contributed by atoms with Crippen LogP contribution in [0.2, 0.25) is 0 Å². The van der Waals surface area contributed by atoms with Gasteiger partial charge in [0.05, 0.1) is 6.54 Å². The zero-order valence-corrected chi connectivity index (χ0v) is 19.6. The summed E-state index contributed by atoms with van der Waals surface area (Å²) < 4.78 is 2.22. The third-order valence-electron chi connectivity index (χ3n) is 6.57. The van der Waals surface area contributed by atoms with Crippen LogP contribution < -0.4 is 4.90 Å². The van der Waals surface area contributed by atoms with Crippen LogP contribution in [-0.4, -0.2) is 35.2 Å². The van der Waals surface area contributed by atoms with Crippen LogP contribution in [0.5, 0.6) is 0 Å². The molecule has 34 heavy (non-hydrogen) atoms. The zero-order valence-electron chi connectivity index (χ0n) is 19.6. The van der Waals surface area contributed by atoms with Gasteiger partial charge in [-0.2, -0.15) is 5.21 Å². The Morgan fingerprint density at radius 1 is 0.941 bits per heavy atom. The molecule has 3 aromatic heterocycles. The first-order valence-corrected chi connectivity index (χ1v) is 11.7. The molecule has 0 atom stereocenters. The summed E-state index contributed by atoms with van der Waals surface area (Å²) in [5.74, 6) is 1.69. The molecular weight excluding hydrogens is 424 g/mol. The third-order valence-corrected chi connectivity index (χ3v) is 6.57. The number of nitrogens with zero attached hydrogens (tertiary/aromatic N) is 7. The number of fused-ring (bicyclic) bond motifs is 3. The number of nitrogens with one attached hydrogen (secondary N) is 1. The minimum absolute atomic E-state index is 0.550. The Hall–Kier alpha value is -4.07. The van der Waals surface area contributed by atoms with Crippen molar-refractivity contribution < 1.29 is 0 Å². The number of pyridine rings is 1. The number of para-hydroxylation sites is 1. The van der Waals surface area contributed by atoms with E-state index in [4.69, 9.17) is 9.97 Å². The summed E-state index contributed by atoms with van der Waals surface area (Å²) in [5.41, 5.74) is 10.1. The molecule has 0 radical (unpaired) electrons. The Labute approximate surface area is 197 Å². The SMILES string of the molecule is CCc1nc2c(C)cc(C)nc2n1-c1ccc2c(c1)CCc1ccccc1N2Cc1nn[nH]n1. The quantitative estimate of drug-likeness (QED) is 0.432. The molecule has 0 fully saturated rings. The van der Waals surface area contributed by atoms with Gasteiger partial charge in [0.15, 0.2) is 11.5 Å². The van der Waals surface area contributed by atoms with E-state index >= 15 is 0 Å². The lowest BCUT2D eigenvalue weighted by Crippen LogP contribution is -2.19. The topological polar surface area (TPSA) is 88.4 Å². The van der Waals surface area contributed by atoms with Gasteiger partial charge in [-0.1, -0.05) is 30.3 Å². The average Bonchev–Trinajstić information content (AvgIpc) is 3.46. The highest BCUT2D eigenvalue weighted by molar-refractivity contribution is 5.79. The van der Waals surface area contributed by atoms with Crippen LogP contribution in [-0.2, 0) is 25.8 Å². The van der Waals surface area contributed by atoms with Crippen molar-refractivity contribution in [2.75, 3.05) is 4.90 Å². The number of hydrogen-bond acceptors (Lipinski definition) is 6. The number of aromatic amines is 1. The van der Waals surface area contributed by atoms with E-state index in [1.54, 1.807) is 0 Å². The summed E-state index contributed by atoms with van der Waals surface area (Å²) in [4.78, 5) is 12.1. The van der Waals surface area contributed by atoms with E-state index < -0.39 is 0 Å². The number of benzene rings is 2. The Bertz CT molecular complexity index is 1500. The average molecular weight is 451 g/mol. The predicted octanol–water partition coefficient (Wildman–Crippen LogP) is 4.55. The van der Waals surface area contributed by atoms with Gasteiger partial charge in [-0.25, -0.2) is 9.97 Å². The monoisotopic (exact) mass is 450 g/mol. The van der Waals surface area contributed by atoms with Crippen molar-refractivity contribution in [2.45, 2.75) is 46.6 Å². The Morgan fingerprint density at radius 2 is 1.76 bits per heavy atom. The second-order valence-corrected chi connectivity index (χ2v) is 8.83. The summed E-state index contributed by atoms with van der Waals surface area (Å²) in [7, 11) is 0. The van der Waals surface area contributed by atoms with Crippen LogP contribution in [0.4, 0.5) is 11.4 Å². The molecule has 8 heteroatoms. The maximum Gasteiger partial charge on any atom is 0.194 e. The second kappa shape index (κ2) is 8.06. The fourth-order valence-electron chi connectivity index (χ4n) is 5.03. The third kappa shape index (κ3) is 3.34. The lowest BCUT2D eigenvalue weighted by molar-refractivity contribution is 0.870. The maximum atomic E-state index is 4.94. The molecule has 0 amide bonds. The number of imidazole rings is 1. The molecule has 170 valence electrons. The van der Waals surface area contributed by atoms with Gasteiger partial charge < -0.3 is 4.90 Å². The van der Waals surface area contributed by atoms with E-state index in [9.17, 15) is 0 Å². The van der Waals surface area contributed by atoms with Crippen molar-refractivity contribution in [3.05, 3.63) is 82.6 Å². The number of H-pyrrole nitrogens is 1. The molecule has 0 unspecified atom stereocenters. The number of tetrazole rings is 1. The molecule has 1 N–H and O–H groups in total. The molecule has 0 saturated heterocycles. The van der Waals surface area contributed by atoms with Gasteiger partial charge >= 0.3 is 0 Å². The number of aromatic nitrogens is 7. The largest absolute Gasteiger partial charge is 0.333 e. The van der Waals surface area contributed by atoms with E-state index in [0.29, 0.717) is 12.4 Å². The molecule has 2 aromatic carbocycles. The molecule has 6 rings (SSSR count). The van der Waals surface area contributed by atoms with Crippen molar-refractivity contribution in [2.24, 2.45) is 0 Å². The molecule has 0 spiro atoms. The van der Waals surface area contributed by atoms with Crippen molar-refractivity contribution in [3.8, 4) is 5.69 Å². The van der Waals surface area contributed by atoms with Crippen LogP contribution >= 0.6 is 0 Å². The lowest BCUT2D eigenvalue weighted by atomic mass is 10.0. The van der Waals surface area contributed by atoms with Crippen molar-refractivity contribution >= 4 is 22.5 Å². The standard InChI is InChI=1S/C26H26N8/c1-4-24-28-25-16(2)13-17(3)27-26(25)34(24)20-11-12-22-19(14-20)10-9-18-7-5-6-8-21(18)33(22)15-23-29-31-32-30-23/h5-8,11-14H,4,9-10,15H2,1-3H3,(H,29,30,31,32). The van der Waals surface area contributed by atoms with Gasteiger partial charge in [-0.3, -0.25) is 4.57 Å². The van der Waals surface area contributed by atoms with Crippen molar-refractivity contribution in [1.82, 2.24) is 35.2 Å². The molecule has 4 heterocycles. The van der Waals surface area contributed by atoms with Gasteiger partial charge in [0, 0.05) is 29.2 Å². The summed E-state index contributed by atoms with van der Waals surface area (Å²) in [5, 5.41) is 14.7. The number of rotatable bonds is 4. The molecule has 0 bridgehead atoms. The zero-order chi connectivity index (χ0) is 23.2. The normalized spacial score (nSPS) is 13.1. The minimum Gasteiger partial charge on any atom is -0.333 e. The van der Waals surface area contributed by atoms with E-state index in [-0.39, 0.29) is 0 Å². The molecule has 0 aliphatic carbocycles. The number of aryl methyl sites for hydroxylation is 5. The maximum absolute atomic E-state index is 4.94. The molecular formula is C26H26N8. The van der Waals surface area contributed by atoms with Crippen LogP contribution in [0, 0.1) is 13.8 Å². The highest BCUT2D eigenvalue weighted by Gasteiger charge is 2.23. The van der Waals surface area contributed by atoms with E-state index in [0.717, 1.165) is 53.2 Å². The van der Waals surface area contributed by atoms with Gasteiger partial charge in [-0.05, 0) is 73.7 Å². The minimum atomic E-state index is 0.550. The fraction of sp³-hybridized carbons (Fsp3) is 0.269. The number of anilines is 2. The molecule has 8 nitrogen and oxygen atoms in total. The summed E-state index contributed by atoms with van der Waals surface area (Å²) in [6, 6.07) is 17.4. The van der Waals surface area contributed by atoms with E-state index in [1.165, 1.54) is 22.5 Å². The smallest absolute Gasteiger partial charge is 0.194 e. The second-order valence-electron chi connectivity index (χ2n) is 8.83. The van der Waals surface area contributed by atoms with E-state index in [2.05, 4.69) is 92.5 Å². The van der Waals surface area contributed by atoms with Crippen LogP contribution in [0.1, 0.15) is 41.0 Å². The first kappa shape index (κ1) is 20.5. The fourth-order valence-corrected chi connectivity index (χ4v) is 5.03. The van der Waals surface area contributed by atoms with Gasteiger partial charge in [-0.15, -0.1) is 10.2 Å². The van der Waals surface area contributed by atoms with Crippen molar-refractivity contribution in [1.29, 1.82) is 0 Å². The first-order valence-electron chi connectivity index (χ1n) is 11.7. The molecule has 1 aliphatic heterocycles. The Balaban J connectivity index is 1.52. The summed E-state index contributed by atoms with van der Waals surface area (Å²) >= 11 is 0. The van der Waals surface area contributed by atoms with Gasteiger partial charge in [0.2, 0.25) is 0 Å². The van der Waals surface area contributed by atoms with Crippen LogP contribution in [0.15, 0.2) is 48.5 Å². The van der Waals surface area contributed by atoms with Crippen molar-refractivity contribution in [3.63, 3.8) is 0 Å². The number of hydrogen-bond donors (Lipinski definition) is 1. The summed E-state index contributed by atoms with van der Waals surface area (Å²) in [6.45, 7) is 6.85. The molecule has 5 aromatic rings. The lowest BCUT2D eigenvalue weighted by Gasteiger charge is -2.26. The molecule has 1 aliphatic rings. The highest BCUT2D eigenvalue weighted by atomic mass is 15.5. The summed E-state index contributed by atoms with van der Waals surface area (Å²) in [6.07, 6.45) is 2.75. The predicted molar refractivity (Wildman–Crippen MR) is 132 cm³/mol. The van der Waals surface area contributed by atoms with E-state index in [1.807, 2.05) is 6.92 Å². The Morgan fingerprint density at radius 3 is 2.59 bits per heavy atom. The molecule has 0 saturated carbocycles. The van der Waals surface area contributed by atoms with Crippen LogP contribution in [0.3, 0.4) is 0 Å². The van der Waals surface area contributed by atoms with Gasteiger partial charge in [0.25, 0.3) is 0 Å². The van der Waals surface area contributed by atoms with Crippen LogP contribution in [0.25, 0.3) is 16.9 Å². The van der Waals surface area contributed by atoms with Gasteiger partial charge in [0.1, 0.15) is 11.3 Å². The highest BCUT2D eigenvalue weighted by Crippen LogP contribution is 2.38.